The monoisotopic (exact) mass is 380 g/mol. The number of nitrogens with one attached hydrogen (secondary N) is 1. The smallest absolute Gasteiger partial charge is 0.253 e. The second kappa shape index (κ2) is 8.12. The quantitative estimate of drug-likeness (QED) is 0.709. The van der Waals surface area contributed by atoms with Crippen LogP contribution in [0.25, 0.3) is 5.82 Å². The van der Waals surface area contributed by atoms with Crippen molar-refractivity contribution in [2.24, 2.45) is 0 Å². The van der Waals surface area contributed by atoms with Crippen LogP contribution < -0.4 is 14.8 Å². The summed E-state index contributed by atoms with van der Waals surface area (Å²) in [6.07, 6.45) is 1.55. The van der Waals surface area contributed by atoms with Crippen molar-refractivity contribution in [3.05, 3.63) is 65.1 Å². The van der Waals surface area contributed by atoms with Crippen LogP contribution >= 0.6 is 0 Å². The van der Waals surface area contributed by atoms with Gasteiger partial charge in [0.2, 0.25) is 0 Å². The van der Waals surface area contributed by atoms with E-state index in [-0.39, 0.29) is 11.9 Å². The Labute approximate surface area is 164 Å². The summed E-state index contributed by atoms with van der Waals surface area (Å²) in [6, 6.07) is 10.8. The van der Waals surface area contributed by atoms with E-state index < -0.39 is 0 Å². The molecule has 3 rings (SSSR count). The Bertz CT molecular complexity index is 980. The normalized spacial score (nSPS) is 11.8. The fourth-order valence-electron chi connectivity index (χ4n) is 3.04. The molecule has 0 radical (unpaired) electrons. The summed E-state index contributed by atoms with van der Waals surface area (Å²) < 4.78 is 12.4. The molecule has 1 atom stereocenters. The van der Waals surface area contributed by atoms with Gasteiger partial charge >= 0.3 is 0 Å². The predicted molar refractivity (Wildman–Crippen MR) is 106 cm³/mol. The molecule has 0 saturated heterocycles. The highest BCUT2D eigenvalue weighted by Crippen LogP contribution is 2.29. The summed E-state index contributed by atoms with van der Waals surface area (Å²) in [5.41, 5.74) is 3.25. The molecule has 0 aliphatic carbocycles. The molecule has 0 fully saturated rings. The summed E-state index contributed by atoms with van der Waals surface area (Å²) in [4.78, 5) is 17.0. The second-order valence-corrected chi connectivity index (χ2v) is 6.55. The number of ether oxygens (including phenoxy) is 2. The molecule has 1 aromatic carbocycles. The van der Waals surface area contributed by atoms with Crippen LogP contribution in [-0.4, -0.2) is 34.9 Å². The molecule has 0 aliphatic rings. The number of aryl methyl sites for hydroxylation is 2. The van der Waals surface area contributed by atoms with E-state index in [0.717, 1.165) is 17.0 Å². The molecule has 0 bridgehead atoms. The third kappa shape index (κ3) is 3.98. The van der Waals surface area contributed by atoms with E-state index >= 15 is 0 Å². The van der Waals surface area contributed by atoms with Crippen LogP contribution in [0.4, 0.5) is 0 Å². The lowest BCUT2D eigenvalue weighted by Crippen LogP contribution is -2.27. The van der Waals surface area contributed by atoms with Crippen molar-refractivity contribution >= 4 is 5.91 Å². The average molecular weight is 380 g/mol. The van der Waals surface area contributed by atoms with Gasteiger partial charge in [0.05, 0.1) is 31.5 Å². The highest BCUT2D eigenvalue weighted by molar-refractivity contribution is 5.94. The fraction of sp³-hybridized carbons (Fsp3) is 0.286. The van der Waals surface area contributed by atoms with E-state index in [2.05, 4.69) is 15.4 Å². The first kappa shape index (κ1) is 19.4. The number of benzene rings is 1. The summed E-state index contributed by atoms with van der Waals surface area (Å²) in [6.45, 7) is 5.80. The van der Waals surface area contributed by atoms with Gasteiger partial charge in [0, 0.05) is 23.5 Å². The maximum atomic E-state index is 12.6. The predicted octanol–water partition coefficient (Wildman–Crippen LogP) is 3.39. The Morgan fingerprint density at radius 2 is 1.89 bits per heavy atom. The molecule has 0 saturated carbocycles. The van der Waals surface area contributed by atoms with Crippen molar-refractivity contribution in [3.63, 3.8) is 0 Å². The van der Waals surface area contributed by atoms with Gasteiger partial charge in [0.1, 0.15) is 11.5 Å². The highest BCUT2D eigenvalue weighted by atomic mass is 16.5. The first-order valence-electron chi connectivity index (χ1n) is 8.95. The summed E-state index contributed by atoms with van der Waals surface area (Å²) in [5, 5.41) is 7.38. The number of amides is 1. The minimum atomic E-state index is -0.246. The maximum Gasteiger partial charge on any atom is 0.253 e. The Hall–Kier alpha value is -3.35. The van der Waals surface area contributed by atoms with Crippen LogP contribution in [0.5, 0.6) is 11.5 Å². The molecule has 1 amide bonds. The van der Waals surface area contributed by atoms with Crippen molar-refractivity contribution in [2.45, 2.75) is 26.8 Å². The first-order valence-corrected chi connectivity index (χ1v) is 8.95. The number of rotatable bonds is 6. The molecule has 2 heterocycles. The van der Waals surface area contributed by atoms with Crippen LogP contribution in [0.1, 0.15) is 40.3 Å². The van der Waals surface area contributed by atoms with Crippen LogP contribution in [-0.2, 0) is 0 Å². The molecule has 1 N–H and O–H groups in total. The van der Waals surface area contributed by atoms with E-state index in [0.29, 0.717) is 22.9 Å². The van der Waals surface area contributed by atoms with Crippen LogP contribution in [0.2, 0.25) is 0 Å². The van der Waals surface area contributed by atoms with Crippen molar-refractivity contribution in [1.82, 2.24) is 20.1 Å². The summed E-state index contributed by atoms with van der Waals surface area (Å²) in [5.74, 6) is 1.82. The zero-order valence-corrected chi connectivity index (χ0v) is 16.7. The summed E-state index contributed by atoms with van der Waals surface area (Å²) in [7, 11) is 3.19. The van der Waals surface area contributed by atoms with Crippen molar-refractivity contribution in [1.29, 1.82) is 0 Å². The molecule has 7 nitrogen and oxygen atoms in total. The number of nitrogens with zero attached hydrogens (tertiary/aromatic N) is 3. The van der Waals surface area contributed by atoms with Gasteiger partial charge in [0.15, 0.2) is 5.82 Å². The van der Waals surface area contributed by atoms with Gasteiger partial charge in [-0.25, -0.2) is 9.67 Å². The molecule has 1 unspecified atom stereocenters. The van der Waals surface area contributed by atoms with E-state index in [9.17, 15) is 4.79 Å². The number of hydrogen-bond donors (Lipinski definition) is 1. The minimum Gasteiger partial charge on any atom is -0.497 e. The Morgan fingerprint density at radius 1 is 1.11 bits per heavy atom. The Balaban J connectivity index is 1.75. The molecule has 3 aromatic rings. The molecule has 0 spiro atoms. The highest BCUT2D eigenvalue weighted by Gasteiger charge is 2.16. The molecular formula is C21H24N4O3. The molecule has 28 heavy (non-hydrogen) atoms. The van der Waals surface area contributed by atoms with Crippen molar-refractivity contribution < 1.29 is 14.3 Å². The zero-order valence-electron chi connectivity index (χ0n) is 16.7. The molecule has 7 heteroatoms. The van der Waals surface area contributed by atoms with Crippen LogP contribution in [0, 0.1) is 13.8 Å². The number of carbonyl (C=O) groups excluding carboxylic acids is 1. The standard InChI is InChI=1S/C21H24N4O3/c1-13-10-14(2)25(24-13)20-9-6-16(12-22-20)21(26)23-15(3)18-8-7-17(27-4)11-19(18)28-5/h6-12,15H,1-5H3,(H,23,26). The van der Waals surface area contributed by atoms with E-state index in [1.54, 1.807) is 43.3 Å². The molecule has 0 aliphatic heterocycles. The SMILES string of the molecule is COc1ccc(C(C)NC(=O)c2ccc(-n3nc(C)cc3C)nc2)c(OC)c1. The third-order valence-corrected chi connectivity index (χ3v) is 4.49. The van der Waals surface area contributed by atoms with Crippen LogP contribution in [0.15, 0.2) is 42.6 Å². The average Bonchev–Trinajstić information content (AvgIpc) is 3.05. The second-order valence-electron chi connectivity index (χ2n) is 6.55. The van der Waals surface area contributed by atoms with Crippen molar-refractivity contribution in [2.75, 3.05) is 14.2 Å². The van der Waals surface area contributed by atoms with Gasteiger partial charge in [0.25, 0.3) is 5.91 Å². The van der Waals surface area contributed by atoms with E-state index in [1.807, 2.05) is 39.0 Å². The zero-order chi connectivity index (χ0) is 20.3. The topological polar surface area (TPSA) is 78.3 Å². The van der Waals surface area contributed by atoms with Gasteiger partial charge < -0.3 is 14.8 Å². The molecule has 2 aromatic heterocycles. The lowest BCUT2D eigenvalue weighted by Gasteiger charge is -2.18. The maximum absolute atomic E-state index is 12.6. The molecule has 146 valence electrons. The van der Waals surface area contributed by atoms with Gasteiger partial charge in [-0.2, -0.15) is 5.10 Å². The van der Waals surface area contributed by atoms with Gasteiger partial charge in [-0.1, -0.05) is 0 Å². The largest absolute Gasteiger partial charge is 0.497 e. The first-order chi connectivity index (χ1) is 13.4. The Morgan fingerprint density at radius 3 is 2.46 bits per heavy atom. The van der Waals surface area contributed by atoms with Crippen molar-refractivity contribution in [3.8, 4) is 17.3 Å². The van der Waals surface area contributed by atoms with Crippen LogP contribution in [0.3, 0.4) is 0 Å². The van der Waals surface area contributed by atoms with Gasteiger partial charge in [-0.05, 0) is 51.1 Å². The van der Waals surface area contributed by atoms with E-state index in [4.69, 9.17) is 9.47 Å². The lowest BCUT2D eigenvalue weighted by atomic mass is 10.1. The number of aromatic nitrogens is 3. The van der Waals surface area contributed by atoms with Gasteiger partial charge in [-0.15, -0.1) is 0 Å². The Kier molecular flexibility index (Phi) is 5.63. The minimum absolute atomic E-state index is 0.210. The number of pyridine rings is 1. The molecular weight excluding hydrogens is 356 g/mol. The summed E-state index contributed by atoms with van der Waals surface area (Å²) >= 11 is 0. The number of carbonyl (C=O) groups is 1. The lowest BCUT2D eigenvalue weighted by molar-refractivity contribution is 0.0939. The number of methoxy groups -OCH3 is 2. The fourth-order valence-corrected chi connectivity index (χ4v) is 3.04. The third-order valence-electron chi connectivity index (χ3n) is 4.49. The van der Waals surface area contributed by atoms with Gasteiger partial charge in [-0.3, -0.25) is 4.79 Å². The van der Waals surface area contributed by atoms with E-state index in [1.165, 1.54) is 0 Å². The number of hydrogen-bond acceptors (Lipinski definition) is 5.